The SMILES string of the molecule is C1=Cc2ccccc2OONN=N\N=C/C=C\C=C/C=C\C=C/C=C\C=C\C=C/1. The third kappa shape index (κ3) is 10.6. The number of benzene rings is 1. The Labute approximate surface area is 170 Å². The first-order chi connectivity index (χ1) is 14.5. The van der Waals surface area contributed by atoms with Crippen LogP contribution in [0.5, 0.6) is 5.75 Å². The summed E-state index contributed by atoms with van der Waals surface area (Å²) in [5.41, 5.74) is 3.04. The van der Waals surface area contributed by atoms with Gasteiger partial charge >= 0.3 is 0 Å². The Hall–Kier alpha value is -4.03. The third-order valence-corrected chi connectivity index (χ3v) is 3.21. The molecule has 1 aromatic carbocycles. The summed E-state index contributed by atoms with van der Waals surface area (Å²) in [6, 6.07) is 7.43. The highest BCUT2D eigenvalue weighted by molar-refractivity contribution is 5.71. The second kappa shape index (κ2) is 15.1. The summed E-state index contributed by atoms with van der Waals surface area (Å²) < 4.78 is 0. The van der Waals surface area contributed by atoms with Crippen molar-refractivity contribution in [2.75, 3.05) is 0 Å². The van der Waals surface area contributed by atoms with Gasteiger partial charge in [0.2, 0.25) is 0 Å². The molecule has 0 radical (unpaired) electrons. The van der Waals surface area contributed by atoms with E-state index in [2.05, 4.69) is 21.1 Å². The van der Waals surface area contributed by atoms with Crippen molar-refractivity contribution in [1.82, 2.24) is 5.59 Å². The van der Waals surface area contributed by atoms with E-state index in [4.69, 9.17) is 9.88 Å². The molecule has 1 aromatic rings. The zero-order valence-corrected chi connectivity index (χ0v) is 15.8. The van der Waals surface area contributed by atoms with Gasteiger partial charge in [-0.1, -0.05) is 109 Å². The standard InChI is InChI=1S/C23H22N4O2/c1-2-4-6-8-10-12-14-18-22-19-15-16-20-23(22)28-29-27-26-25-24-21-17-13-11-9-7-5-3-1/h1-21H,(H,25,27)/b3-1-,4-2-,7-5-,8-6+,11-9-,12-10-,17-13-,18-14?,24-21-. The van der Waals surface area contributed by atoms with Crippen LogP contribution in [0.15, 0.2) is 131 Å². The molecule has 2 rings (SSSR count). The van der Waals surface area contributed by atoms with Crippen LogP contribution in [0.25, 0.3) is 6.08 Å². The van der Waals surface area contributed by atoms with Crippen molar-refractivity contribution in [3.8, 4) is 5.75 Å². The van der Waals surface area contributed by atoms with Crippen molar-refractivity contribution in [2.45, 2.75) is 0 Å². The molecule has 1 N–H and O–H groups in total. The molecule has 0 spiro atoms. The Morgan fingerprint density at radius 2 is 1.17 bits per heavy atom. The molecule has 0 aromatic heterocycles. The quantitative estimate of drug-likeness (QED) is 0.575. The van der Waals surface area contributed by atoms with Gasteiger partial charge in [-0.25, -0.2) is 0 Å². The molecule has 0 saturated heterocycles. The molecule has 1 heterocycles. The third-order valence-electron chi connectivity index (χ3n) is 3.21. The lowest BCUT2D eigenvalue weighted by molar-refractivity contribution is -0.260. The monoisotopic (exact) mass is 386 g/mol. The molecule has 0 fully saturated rings. The van der Waals surface area contributed by atoms with E-state index in [0.717, 1.165) is 5.56 Å². The van der Waals surface area contributed by atoms with Gasteiger partial charge in [0.15, 0.2) is 5.75 Å². The van der Waals surface area contributed by atoms with Crippen molar-refractivity contribution in [3.05, 3.63) is 121 Å². The van der Waals surface area contributed by atoms with Gasteiger partial charge in [0.05, 0.1) is 6.21 Å². The summed E-state index contributed by atoms with van der Waals surface area (Å²) in [5.74, 6) is 0.530. The minimum absolute atomic E-state index is 0.530. The molecule has 146 valence electrons. The molecule has 0 unspecified atom stereocenters. The zero-order chi connectivity index (χ0) is 20.2. The molecular formula is C23H22N4O2. The molecule has 1 aliphatic rings. The number of hydrogen-bond acceptors (Lipinski definition) is 6. The molecule has 0 saturated carbocycles. The first-order valence-electron chi connectivity index (χ1n) is 8.91. The Balaban J connectivity index is 2.05. The zero-order valence-electron chi connectivity index (χ0n) is 15.8. The van der Waals surface area contributed by atoms with E-state index in [9.17, 15) is 0 Å². The molecule has 6 heteroatoms. The maximum absolute atomic E-state index is 5.19. The van der Waals surface area contributed by atoms with Crippen molar-refractivity contribution < 1.29 is 9.88 Å². The number of para-hydroxylation sites is 1. The highest BCUT2D eigenvalue weighted by atomic mass is 17.3. The molecule has 1 aliphatic heterocycles. The lowest BCUT2D eigenvalue weighted by Crippen LogP contribution is -2.09. The predicted molar refractivity (Wildman–Crippen MR) is 118 cm³/mol. The lowest BCUT2D eigenvalue weighted by Gasteiger charge is -2.04. The highest BCUT2D eigenvalue weighted by Gasteiger charge is 2.00. The van der Waals surface area contributed by atoms with E-state index in [1.165, 1.54) is 6.21 Å². The molecular weight excluding hydrogens is 364 g/mol. The Kier molecular flexibility index (Phi) is 11.1. The molecule has 0 atom stereocenters. The van der Waals surface area contributed by atoms with Gasteiger partial charge in [0.25, 0.3) is 0 Å². The topological polar surface area (TPSA) is 67.6 Å². The van der Waals surface area contributed by atoms with Gasteiger partial charge in [0.1, 0.15) is 0 Å². The summed E-state index contributed by atoms with van der Waals surface area (Å²) >= 11 is 0. The van der Waals surface area contributed by atoms with Crippen LogP contribution >= 0.6 is 0 Å². The molecule has 0 bridgehead atoms. The smallest absolute Gasteiger partial charge is 0.175 e. The first-order valence-corrected chi connectivity index (χ1v) is 8.91. The number of rotatable bonds is 0. The average molecular weight is 386 g/mol. The number of nitrogens with zero attached hydrogens (tertiary/aromatic N) is 3. The second-order valence-corrected chi connectivity index (χ2v) is 5.30. The largest absolute Gasteiger partial charge is 0.312 e. The predicted octanol–water partition coefficient (Wildman–Crippen LogP) is 5.77. The van der Waals surface area contributed by atoms with E-state index in [-0.39, 0.29) is 0 Å². The minimum atomic E-state index is 0.530. The van der Waals surface area contributed by atoms with Gasteiger partial charge in [0, 0.05) is 5.56 Å². The number of fused-ring (bicyclic) bond motifs is 1. The fourth-order valence-corrected chi connectivity index (χ4v) is 1.93. The van der Waals surface area contributed by atoms with Gasteiger partial charge in [-0.05, 0) is 27.6 Å². The first kappa shape index (κ1) is 21.3. The molecule has 0 aliphatic carbocycles. The van der Waals surface area contributed by atoms with E-state index >= 15 is 0 Å². The van der Waals surface area contributed by atoms with Crippen LogP contribution < -0.4 is 10.5 Å². The van der Waals surface area contributed by atoms with Crippen LogP contribution in [0, 0.1) is 0 Å². The molecule has 0 amide bonds. The number of allylic oxidation sites excluding steroid dienone is 15. The van der Waals surface area contributed by atoms with E-state index in [1.807, 2.05) is 109 Å². The van der Waals surface area contributed by atoms with Gasteiger partial charge in [-0.3, -0.25) is 0 Å². The van der Waals surface area contributed by atoms with Crippen molar-refractivity contribution in [3.63, 3.8) is 0 Å². The van der Waals surface area contributed by atoms with Gasteiger partial charge < -0.3 is 4.89 Å². The van der Waals surface area contributed by atoms with Crippen LogP contribution in [0.4, 0.5) is 0 Å². The fourth-order valence-electron chi connectivity index (χ4n) is 1.93. The van der Waals surface area contributed by atoms with Crippen LogP contribution in [0.2, 0.25) is 0 Å². The Bertz CT molecular complexity index is 901. The van der Waals surface area contributed by atoms with E-state index in [0.29, 0.717) is 5.75 Å². The maximum Gasteiger partial charge on any atom is 0.175 e. The van der Waals surface area contributed by atoms with Crippen LogP contribution in [-0.4, -0.2) is 6.21 Å². The van der Waals surface area contributed by atoms with E-state index in [1.54, 1.807) is 12.1 Å². The second-order valence-electron chi connectivity index (χ2n) is 5.30. The van der Waals surface area contributed by atoms with Crippen LogP contribution in [-0.2, 0) is 4.99 Å². The number of nitrogens with one attached hydrogen (secondary N) is 1. The van der Waals surface area contributed by atoms with Crippen molar-refractivity contribution >= 4 is 12.3 Å². The summed E-state index contributed by atoms with van der Waals surface area (Å²) in [4.78, 5) is 10.00. The average Bonchev–Trinajstić information content (AvgIpc) is 2.74. The Morgan fingerprint density at radius 1 is 0.621 bits per heavy atom. The molecule has 29 heavy (non-hydrogen) atoms. The minimum Gasteiger partial charge on any atom is -0.312 e. The normalized spacial score (nSPS) is 24.1. The van der Waals surface area contributed by atoms with Crippen molar-refractivity contribution in [1.29, 1.82) is 0 Å². The van der Waals surface area contributed by atoms with Crippen molar-refractivity contribution in [2.24, 2.45) is 15.5 Å². The lowest BCUT2D eigenvalue weighted by atomic mass is 10.2. The summed E-state index contributed by atoms with van der Waals surface area (Å²) in [7, 11) is 0. The van der Waals surface area contributed by atoms with Crippen LogP contribution in [0.3, 0.4) is 0 Å². The highest BCUT2D eigenvalue weighted by Crippen LogP contribution is 2.19. The number of hydrogen-bond donors (Lipinski definition) is 1. The van der Waals surface area contributed by atoms with Gasteiger partial charge in [-0.15, -0.1) is 10.7 Å². The van der Waals surface area contributed by atoms with Crippen LogP contribution in [0.1, 0.15) is 5.56 Å². The fraction of sp³-hybridized carbons (Fsp3) is 0. The summed E-state index contributed by atoms with van der Waals surface area (Å²) in [5, 5.41) is 10.7. The maximum atomic E-state index is 5.19. The summed E-state index contributed by atoms with van der Waals surface area (Å²) in [6.45, 7) is 0. The van der Waals surface area contributed by atoms with Gasteiger partial charge in [-0.2, -0.15) is 0 Å². The molecule has 6 nitrogen and oxygen atoms in total. The summed E-state index contributed by atoms with van der Waals surface area (Å²) in [6.07, 6.45) is 32.1. The Morgan fingerprint density at radius 3 is 1.83 bits per heavy atom. The van der Waals surface area contributed by atoms with E-state index < -0.39 is 0 Å².